The van der Waals surface area contributed by atoms with Crippen molar-refractivity contribution in [2.24, 2.45) is 4.99 Å². The topological polar surface area (TPSA) is 54.9 Å². The molecule has 5 nitrogen and oxygen atoms in total. The van der Waals surface area contributed by atoms with E-state index in [1.807, 2.05) is 0 Å². The van der Waals surface area contributed by atoms with Gasteiger partial charge in [0.1, 0.15) is 0 Å². The molecule has 0 radical (unpaired) electrons. The smallest absolute Gasteiger partial charge is 0.191 e. The molecule has 0 amide bonds. The van der Waals surface area contributed by atoms with Gasteiger partial charge in [-0.25, -0.2) is 0 Å². The molecule has 0 aromatic carbocycles. The van der Waals surface area contributed by atoms with Crippen molar-refractivity contribution in [3.8, 4) is 0 Å². The molecule has 104 valence electrons. The summed E-state index contributed by atoms with van der Waals surface area (Å²) in [4.78, 5) is 4.38. The summed E-state index contributed by atoms with van der Waals surface area (Å²) >= 11 is 0. The van der Waals surface area contributed by atoms with Crippen molar-refractivity contribution in [2.75, 3.05) is 46.6 Å². The van der Waals surface area contributed by atoms with Crippen LogP contribution in [0.1, 0.15) is 20.3 Å². The molecule has 0 saturated heterocycles. The summed E-state index contributed by atoms with van der Waals surface area (Å²) in [5, 5.41) is 6.38. The quantitative estimate of drug-likeness (QED) is 0.282. The zero-order chi connectivity index (χ0) is 12.1. The molecule has 6 heteroatoms. The fourth-order valence-electron chi connectivity index (χ4n) is 1.05. The fraction of sp³-hybridized carbons (Fsp3) is 0.909. The number of nitrogens with zero attached hydrogens (tertiary/aromatic N) is 1. The van der Waals surface area contributed by atoms with Crippen molar-refractivity contribution in [1.82, 2.24) is 10.6 Å². The largest absolute Gasteiger partial charge is 0.382 e. The van der Waals surface area contributed by atoms with Gasteiger partial charge in [-0.15, -0.1) is 24.0 Å². The first-order chi connectivity index (χ1) is 7.85. The first kappa shape index (κ1) is 19.3. The molecule has 0 aliphatic carbocycles. The highest BCUT2D eigenvalue weighted by molar-refractivity contribution is 14.0. The number of ether oxygens (including phenoxy) is 2. The number of hydrogen-bond acceptors (Lipinski definition) is 3. The van der Waals surface area contributed by atoms with E-state index in [0.29, 0.717) is 19.8 Å². The lowest BCUT2D eigenvalue weighted by Gasteiger charge is -2.11. The van der Waals surface area contributed by atoms with E-state index < -0.39 is 0 Å². The number of guanidine groups is 1. The number of methoxy groups -OCH3 is 1. The van der Waals surface area contributed by atoms with E-state index in [2.05, 4.69) is 29.5 Å². The minimum atomic E-state index is 0. The Balaban J connectivity index is 0. The molecule has 0 aliphatic rings. The Labute approximate surface area is 122 Å². The predicted molar refractivity (Wildman–Crippen MR) is 82.4 cm³/mol. The van der Waals surface area contributed by atoms with Gasteiger partial charge in [-0.05, 0) is 13.3 Å². The minimum Gasteiger partial charge on any atom is -0.382 e. The summed E-state index contributed by atoms with van der Waals surface area (Å²) in [6.07, 6.45) is 1.06. The zero-order valence-electron chi connectivity index (χ0n) is 11.1. The molecule has 0 aromatic heterocycles. The van der Waals surface area contributed by atoms with Crippen LogP contribution in [0, 0.1) is 0 Å². The average Bonchev–Trinajstić information content (AvgIpc) is 2.30. The maximum absolute atomic E-state index is 5.34. The molecule has 17 heavy (non-hydrogen) atoms. The monoisotopic (exact) mass is 359 g/mol. The Morgan fingerprint density at radius 1 is 1.12 bits per heavy atom. The maximum Gasteiger partial charge on any atom is 0.191 e. The normalized spacial score (nSPS) is 10.9. The highest BCUT2D eigenvalue weighted by atomic mass is 127. The van der Waals surface area contributed by atoms with E-state index >= 15 is 0 Å². The molecule has 0 aliphatic heterocycles. The Kier molecular flexibility index (Phi) is 18.0. The third kappa shape index (κ3) is 13.9. The number of aliphatic imine (C=N–C) groups is 1. The number of halogens is 1. The summed E-state index contributed by atoms with van der Waals surface area (Å²) in [5.74, 6) is 0.861. The second-order valence-corrected chi connectivity index (χ2v) is 3.29. The van der Waals surface area contributed by atoms with Gasteiger partial charge >= 0.3 is 0 Å². The van der Waals surface area contributed by atoms with E-state index in [4.69, 9.17) is 9.47 Å². The second-order valence-electron chi connectivity index (χ2n) is 3.29. The van der Waals surface area contributed by atoms with E-state index in [-0.39, 0.29) is 24.0 Å². The van der Waals surface area contributed by atoms with Gasteiger partial charge < -0.3 is 20.1 Å². The Morgan fingerprint density at radius 2 is 1.88 bits per heavy atom. The SMILES string of the molecule is CCCN=C(NCC)NCCOCCOC.I. The number of rotatable bonds is 9. The predicted octanol–water partition coefficient (Wildman–Crippen LogP) is 1.23. The Hall–Kier alpha value is -0.0800. The molecule has 2 N–H and O–H groups in total. The Morgan fingerprint density at radius 3 is 2.47 bits per heavy atom. The van der Waals surface area contributed by atoms with Crippen LogP contribution in [0.25, 0.3) is 0 Å². The first-order valence-electron chi connectivity index (χ1n) is 5.94. The highest BCUT2D eigenvalue weighted by Gasteiger charge is 1.95. The van der Waals surface area contributed by atoms with Crippen LogP contribution in [0.5, 0.6) is 0 Å². The van der Waals surface area contributed by atoms with Gasteiger partial charge in [-0.1, -0.05) is 6.92 Å². The van der Waals surface area contributed by atoms with E-state index in [1.54, 1.807) is 7.11 Å². The molecular weight excluding hydrogens is 333 g/mol. The lowest BCUT2D eigenvalue weighted by molar-refractivity contribution is 0.0733. The third-order valence-electron chi connectivity index (χ3n) is 1.81. The van der Waals surface area contributed by atoms with Gasteiger partial charge in [0.05, 0.1) is 19.8 Å². The molecular formula is C11H26IN3O2. The van der Waals surface area contributed by atoms with Crippen LogP contribution in [0.15, 0.2) is 4.99 Å². The van der Waals surface area contributed by atoms with Crippen LogP contribution in [-0.4, -0.2) is 52.5 Å². The van der Waals surface area contributed by atoms with Gasteiger partial charge in [0.15, 0.2) is 5.96 Å². The molecule has 0 fully saturated rings. The minimum absolute atomic E-state index is 0. The van der Waals surface area contributed by atoms with E-state index in [0.717, 1.165) is 32.0 Å². The molecule has 0 aromatic rings. The van der Waals surface area contributed by atoms with Crippen molar-refractivity contribution in [1.29, 1.82) is 0 Å². The molecule has 0 heterocycles. The zero-order valence-corrected chi connectivity index (χ0v) is 13.5. The van der Waals surface area contributed by atoms with Crippen molar-refractivity contribution < 1.29 is 9.47 Å². The van der Waals surface area contributed by atoms with Gasteiger partial charge in [0, 0.05) is 26.7 Å². The number of nitrogens with one attached hydrogen (secondary N) is 2. The van der Waals surface area contributed by atoms with Crippen LogP contribution in [0.3, 0.4) is 0 Å². The van der Waals surface area contributed by atoms with Gasteiger partial charge in [0.2, 0.25) is 0 Å². The second kappa shape index (κ2) is 15.9. The van der Waals surface area contributed by atoms with Crippen LogP contribution in [0.4, 0.5) is 0 Å². The lowest BCUT2D eigenvalue weighted by Crippen LogP contribution is -2.39. The molecule has 0 unspecified atom stereocenters. The van der Waals surface area contributed by atoms with Crippen LogP contribution >= 0.6 is 24.0 Å². The van der Waals surface area contributed by atoms with E-state index in [1.165, 1.54) is 0 Å². The summed E-state index contributed by atoms with van der Waals surface area (Å²) in [6.45, 7) is 8.60. The van der Waals surface area contributed by atoms with Crippen molar-refractivity contribution in [3.05, 3.63) is 0 Å². The molecule has 0 rings (SSSR count). The summed E-state index contributed by atoms with van der Waals surface area (Å²) < 4.78 is 10.2. The fourth-order valence-corrected chi connectivity index (χ4v) is 1.05. The molecule has 0 saturated carbocycles. The van der Waals surface area contributed by atoms with Crippen LogP contribution < -0.4 is 10.6 Å². The molecule has 0 atom stereocenters. The van der Waals surface area contributed by atoms with Crippen molar-refractivity contribution >= 4 is 29.9 Å². The van der Waals surface area contributed by atoms with Gasteiger partial charge in [0.25, 0.3) is 0 Å². The van der Waals surface area contributed by atoms with Crippen molar-refractivity contribution in [2.45, 2.75) is 20.3 Å². The van der Waals surface area contributed by atoms with E-state index in [9.17, 15) is 0 Å². The maximum atomic E-state index is 5.34. The summed E-state index contributed by atoms with van der Waals surface area (Å²) in [7, 11) is 1.67. The molecule has 0 bridgehead atoms. The highest BCUT2D eigenvalue weighted by Crippen LogP contribution is 1.79. The Bertz CT molecular complexity index is 180. The summed E-state index contributed by atoms with van der Waals surface area (Å²) in [6, 6.07) is 0. The number of hydrogen-bond donors (Lipinski definition) is 2. The third-order valence-corrected chi connectivity index (χ3v) is 1.81. The van der Waals surface area contributed by atoms with Crippen molar-refractivity contribution in [3.63, 3.8) is 0 Å². The summed E-state index contributed by atoms with van der Waals surface area (Å²) in [5.41, 5.74) is 0. The average molecular weight is 359 g/mol. The van der Waals surface area contributed by atoms with Gasteiger partial charge in [-0.3, -0.25) is 4.99 Å². The lowest BCUT2D eigenvalue weighted by atomic mass is 10.5. The molecule has 0 spiro atoms. The standard InChI is InChI=1S/C11H25N3O2.HI/c1-4-6-13-11(12-5-2)14-7-8-16-10-9-15-3;/h4-10H2,1-3H3,(H2,12,13,14);1H. The van der Waals surface area contributed by atoms with Crippen LogP contribution in [-0.2, 0) is 9.47 Å². The first-order valence-corrected chi connectivity index (χ1v) is 5.94. The van der Waals surface area contributed by atoms with Crippen LogP contribution in [0.2, 0.25) is 0 Å². The van der Waals surface area contributed by atoms with Gasteiger partial charge in [-0.2, -0.15) is 0 Å².